The Labute approximate surface area is 146 Å². The molecule has 1 aliphatic rings. The Kier molecular flexibility index (Phi) is 5.56. The van der Waals surface area contributed by atoms with Crippen molar-refractivity contribution in [2.75, 3.05) is 32.8 Å². The number of halogens is 1. The van der Waals surface area contributed by atoms with E-state index >= 15 is 0 Å². The Balaban J connectivity index is 1.76. The van der Waals surface area contributed by atoms with Gasteiger partial charge in [0.1, 0.15) is 0 Å². The maximum Gasteiger partial charge on any atom is 0.287 e. The van der Waals surface area contributed by atoms with Crippen LogP contribution in [0, 0.1) is 6.92 Å². The predicted molar refractivity (Wildman–Crippen MR) is 92.4 cm³/mol. The molecule has 1 amide bonds. The van der Waals surface area contributed by atoms with Crippen molar-refractivity contribution in [2.45, 2.75) is 13.0 Å². The van der Waals surface area contributed by atoms with Crippen LogP contribution in [0.2, 0.25) is 5.02 Å². The molecule has 1 aliphatic heterocycles. The lowest BCUT2D eigenvalue weighted by Crippen LogP contribution is -2.44. The monoisotopic (exact) mass is 348 g/mol. The molecule has 1 aromatic heterocycles. The van der Waals surface area contributed by atoms with Crippen LogP contribution >= 0.6 is 11.6 Å². The molecule has 128 valence electrons. The van der Waals surface area contributed by atoms with Gasteiger partial charge in [-0.25, -0.2) is 0 Å². The molecular formula is C18H21ClN2O3. The number of hydrogen-bond donors (Lipinski definition) is 1. The molecule has 2 heterocycles. The van der Waals surface area contributed by atoms with Gasteiger partial charge in [0, 0.05) is 30.2 Å². The van der Waals surface area contributed by atoms with Crippen LogP contribution in [0.5, 0.6) is 0 Å². The fourth-order valence-electron chi connectivity index (χ4n) is 2.95. The first kappa shape index (κ1) is 17.0. The number of carbonyl (C=O) groups is 1. The molecule has 6 heteroatoms. The molecule has 1 aromatic carbocycles. The summed E-state index contributed by atoms with van der Waals surface area (Å²) in [6.07, 6.45) is 1.53. The third kappa shape index (κ3) is 3.80. The van der Waals surface area contributed by atoms with Crippen molar-refractivity contribution in [3.8, 4) is 0 Å². The third-order valence-corrected chi connectivity index (χ3v) is 4.62. The molecule has 0 radical (unpaired) electrons. The first-order valence-electron chi connectivity index (χ1n) is 8.05. The van der Waals surface area contributed by atoms with Gasteiger partial charge in [-0.3, -0.25) is 9.69 Å². The van der Waals surface area contributed by atoms with Crippen LogP contribution in [0.3, 0.4) is 0 Å². The van der Waals surface area contributed by atoms with Crippen LogP contribution in [-0.4, -0.2) is 43.7 Å². The van der Waals surface area contributed by atoms with E-state index < -0.39 is 0 Å². The molecule has 24 heavy (non-hydrogen) atoms. The first-order valence-corrected chi connectivity index (χ1v) is 8.43. The highest BCUT2D eigenvalue weighted by molar-refractivity contribution is 6.31. The maximum absolute atomic E-state index is 12.3. The molecule has 1 atom stereocenters. The second kappa shape index (κ2) is 7.83. The van der Waals surface area contributed by atoms with Crippen molar-refractivity contribution in [3.05, 3.63) is 58.5 Å². The standard InChI is InChI=1S/C18H21ClN2O3/c1-13-6-9-24-17(13)18(22)20-12-16(21-7-10-23-11-8-21)14-4-2-3-5-15(14)19/h2-6,9,16H,7-8,10-12H2,1H3,(H,20,22)/t16-/m1/s1. The van der Waals surface area contributed by atoms with Crippen molar-refractivity contribution >= 4 is 17.5 Å². The van der Waals surface area contributed by atoms with E-state index in [1.165, 1.54) is 6.26 Å². The number of aryl methyl sites for hydroxylation is 1. The van der Waals surface area contributed by atoms with Gasteiger partial charge >= 0.3 is 0 Å². The van der Waals surface area contributed by atoms with Gasteiger partial charge in [-0.2, -0.15) is 0 Å². The van der Waals surface area contributed by atoms with Gasteiger partial charge in [0.05, 0.1) is 25.5 Å². The molecule has 0 saturated carbocycles. The van der Waals surface area contributed by atoms with E-state index in [1.54, 1.807) is 6.07 Å². The van der Waals surface area contributed by atoms with E-state index in [4.69, 9.17) is 20.8 Å². The van der Waals surface area contributed by atoms with Crippen LogP contribution in [-0.2, 0) is 4.74 Å². The molecule has 1 fully saturated rings. The van der Waals surface area contributed by atoms with E-state index in [0.29, 0.717) is 30.5 Å². The van der Waals surface area contributed by atoms with Crippen LogP contribution in [0.4, 0.5) is 0 Å². The Morgan fingerprint density at radius 1 is 1.29 bits per heavy atom. The van der Waals surface area contributed by atoms with E-state index in [-0.39, 0.29) is 11.9 Å². The summed E-state index contributed by atoms with van der Waals surface area (Å²) in [6, 6.07) is 9.54. The lowest BCUT2D eigenvalue weighted by atomic mass is 10.0. The molecule has 2 aromatic rings. The van der Waals surface area contributed by atoms with Gasteiger partial charge in [-0.15, -0.1) is 0 Å². The lowest BCUT2D eigenvalue weighted by molar-refractivity contribution is 0.0162. The summed E-state index contributed by atoms with van der Waals surface area (Å²) in [4.78, 5) is 14.6. The van der Waals surface area contributed by atoms with E-state index in [0.717, 1.165) is 24.2 Å². The smallest absolute Gasteiger partial charge is 0.287 e. The summed E-state index contributed by atoms with van der Waals surface area (Å²) >= 11 is 6.39. The zero-order valence-electron chi connectivity index (χ0n) is 13.6. The lowest BCUT2D eigenvalue weighted by Gasteiger charge is -2.35. The van der Waals surface area contributed by atoms with Crippen molar-refractivity contribution < 1.29 is 13.9 Å². The average molecular weight is 349 g/mol. The molecule has 0 aliphatic carbocycles. The van der Waals surface area contributed by atoms with Crippen molar-refractivity contribution in [1.29, 1.82) is 0 Å². The molecule has 0 unspecified atom stereocenters. The van der Waals surface area contributed by atoms with Gasteiger partial charge in [0.15, 0.2) is 5.76 Å². The Bertz CT molecular complexity index is 695. The van der Waals surface area contributed by atoms with Crippen LogP contribution < -0.4 is 5.32 Å². The topological polar surface area (TPSA) is 54.7 Å². The molecule has 1 saturated heterocycles. The maximum atomic E-state index is 12.3. The highest BCUT2D eigenvalue weighted by atomic mass is 35.5. The van der Waals surface area contributed by atoms with Gasteiger partial charge in [0.2, 0.25) is 0 Å². The quantitative estimate of drug-likeness (QED) is 0.902. The van der Waals surface area contributed by atoms with Crippen LogP contribution in [0.1, 0.15) is 27.7 Å². The SMILES string of the molecule is Cc1ccoc1C(=O)NC[C@H](c1ccccc1Cl)N1CCOCC1. The largest absolute Gasteiger partial charge is 0.459 e. The number of carbonyl (C=O) groups excluding carboxylic acids is 1. The molecular weight excluding hydrogens is 328 g/mol. The highest BCUT2D eigenvalue weighted by Gasteiger charge is 2.25. The number of hydrogen-bond acceptors (Lipinski definition) is 4. The summed E-state index contributed by atoms with van der Waals surface area (Å²) in [6.45, 7) is 5.31. The molecule has 5 nitrogen and oxygen atoms in total. The molecule has 0 bridgehead atoms. The number of benzene rings is 1. The number of morpholine rings is 1. The normalized spacial score (nSPS) is 16.8. The summed E-state index contributed by atoms with van der Waals surface area (Å²) in [7, 11) is 0. The fourth-order valence-corrected chi connectivity index (χ4v) is 3.21. The number of nitrogens with zero attached hydrogens (tertiary/aromatic N) is 1. The zero-order chi connectivity index (χ0) is 16.9. The van der Waals surface area contributed by atoms with E-state index in [9.17, 15) is 4.79 Å². The Hall–Kier alpha value is -1.82. The number of amides is 1. The second-order valence-corrected chi connectivity index (χ2v) is 6.24. The van der Waals surface area contributed by atoms with Gasteiger partial charge in [-0.1, -0.05) is 29.8 Å². The first-order chi connectivity index (χ1) is 11.7. The summed E-state index contributed by atoms with van der Waals surface area (Å²) in [5, 5.41) is 3.68. The van der Waals surface area contributed by atoms with Crippen LogP contribution in [0.25, 0.3) is 0 Å². The number of rotatable bonds is 5. The third-order valence-electron chi connectivity index (χ3n) is 4.27. The minimum Gasteiger partial charge on any atom is -0.459 e. The number of ether oxygens (including phenoxy) is 1. The summed E-state index contributed by atoms with van der Waals surface area (Å²) in [5.41, 5.74) is 1.84. The average Bonchev–Trinajstić information content (AvgIpc) is 3.03. The molecule has 0 spiro atoms. The van der Waals surface area contributed by atoms with Crippen molar-refractivity contribution in [3.63, 3.8) is 0 Å². The van der Waals surface area contributed by atoms with Gasteiger partial charge in [-0.05, 0) is 24.6 Å². The number of nitrogens with one attached hydrogen (secondary N) is 1. The van der Waals surface area contributed by atoms with Crippen LogP contribution in [0.15, 0.2) is 41.0 Å². The summed E-state index contributed by atoms with van der Waals surface area (Å²) < 4.78 is 10.7. The second-order valence-electron chi connectivity index (χ2n) is 5.83. The van der Waals surface area contributed by atoms with Gasteiger partial charge in [0.25, 0.3) is 5.91 Å². The summed E-state index contributed by atoms with van der Waals surface area (Å²) in [5.74, 6) is 0.151. The number of furan rings is 1. The Morgan fingerprint density at radius 2 is 2.04 bits per heavy atom. The van der Waals surface area contributed by atoms with E-state index in [2.05, 4.69) is 10.2 Å². The highest BCUT2D eigenvalue weighted by Crippen LogP contribution is 2.27. The van der Waals surface area contributed by atoms with Gasteiger partial charge < -0.3 is 14.5 Å². The zero-order valence-corrected chi connectivity index (χ0v) is 14.4. The van der Waals surface area contributed by atoms with Crippen molar-refractivity contribution in [2.24, 2.45) is 0 Å². The molecule has 1 N–H and O–H groups in total. The van der Waals surface area contributed by atoms with E-state index in [1.807, 2.05) is 31.2 Å². The minimum atomic E-state index is -0.206. The molecule has 3 rings (SSSR count). The predicted octanol–water partition coefficient (Wildman–Crippen LogP) is 3.04. The van der Waals surface area contributed by atoms with Crippen molar-refractivity contribution in [1.82, 2.24) is 10.2 Å². The Morgan fingerprint density at radius 3 is 2.71 bits per heavy atom. The fraction of sp³-hybridized carbons (Fsp3) is 0.389. The minimum absolute atomic E-state index is 0.00168.